The number of sulfone groups is 1. The van der Waals surface area contributed by atoms with E-state index < -0.39 is 9.84 Å². The summed E-state index contributed by atoms with van der Waals surface area (Å²) >= 11 is 0. The molecule has 0 radical (unpaired) electrons. The number of rotatable bonds is 7. The van der Waals surface area contributed by atoms with Crippen LogP contribution in [0.5, 0.6) is 0 Å². The van der Waals surface area contributed by atoms with Crippen LogP contribution in [0.25, 0.3) is 11.3 Å². The van der Waals surface area contributed by atoms with Gasteiger partial charge in [0.25, 0.3) is 0 Å². The third-order valence-electron chi connectivity index (χ3n) is 4.30. The summed E-state index contributed by atoms with van der Waals surface area (Å²) < 4.78 is 23.3. The molecule has 7 heteroatoms. The van der Waals surface area contributed by atoms with Crippen LogP contribution in [0.2, 0.25) is 0 Å². The zero-order valence-corrected chi connectivity index (χ0v) is 17.1. The lowest BCUT2D eigenvalue weighted by Crippen LogP contribution is -2.29. The number of hydrogen-bond donors (Lipinski definition) is 0. The maximum Gasteiger partial charge on any atom is 0.230 e. The van der Waals surface area contributed by atoms with Crippen molar-refractivity contribution in [2.75, 3.05) is 38.3 Å². The molecule has 0 aliphatic heterocycles. The molecule has 3 rings (SSSR count). The molecule has 0 saturated heterocycles. The standard InChI is InChI=1S/C21H24N4O2S/c1-24(2)15-16-25(18-7-5-4-6-8-18)21-22-14-13-20(23-21)17-9-11-19(12-10-17)28(3,26)27/h4-14H,15-16H2,1-3H3. The summed E-state index contributed by atoms with van der Waals surface area (Å²) in [4.78, 5) is 13.7. The average molecular weight is 397 g/mol. The van der Waals surface area contributed by atoms with Gasteiger partial charge in [0.05, 0.1) is 10.6 Å². The van der Waals surface area contributed by atoms with E-state index in [1.165, 1.54) is 6.26 Å². The number of para-hydroxylation sites is 1. The summed E-state index contributed by atoms with van der Waals surface area (Å²) in [5.41, 5.74) is 2.61. The Morgan fingerprint density at radius 2 is 1.57 bits per heavy atom. The van der Waals surface area contributed by atoms with E-state index in [1.807, 2.05) is 50.5 Å². The molecule has 0 aliphatic carbocycles. The third-order valence-corrected chi connectivity index (χ3v) is 5.43. The number of aromatic nitrogens is 2. The normalized spacial score (nSPS) is 11.6. The Morgan fingerprint density at radius 1 is 0.893 bits per heavy atom. The molecule has 146 valence electrons. The van der Waals surface area contributed by atoms with Crippen molar-refractivity contribution in [1.29, 1.82) is 0 Å². The van der Waals surface area contributed by atoms with Gasteiger partial charge in [0, 0.05) is 36.8 Å². The number of nitrogens with zero attached hydrogens (tertiary/aromatic N) is 4. The highest BCUT2D eigenvalue weighted by molar-refractivity contribution is 7.90. The molecule has 0 fully saturated rings. The van der Waals surface area contributed by atoms with Crippen LogP contribution >= 0.6 is 0 Å². The zero-order chi connectivity index (χ0) is 20.1. The van der Waals surface area contributed by atoms with Crippen molar-refractivity contribution >= 4 is 21.5 Å². The van der Waals surface area contributed by atoms with Gasteiger partial charge in [-0.3, -0.25) is 0 Å². The summed E-state index contributed by atoms with van der Waals surface area (Å²) in [6.07, 6.45) is 2.93. The minimum Gasteiger partial charge on any atom is -0.309 e. The van der Waals surface area contributed by atoms with Gasteiger partial charge in [0.1, 0.15) is 0 Å². The van der Waals surface area contributed by atoms with Gasteiger partial charge >= 0.3 is 0 Å². The van der Waals surface area contributed by atoms with Gasteiger partial charge < -0.3 is 9.80 Å². The van der Waals surface area contributed by atoms with Gasteiger partial charge in [0.2, 0.25) is 5.95 Å². The maximum absolute atomic E-state index is 11.7. The largest absolute Gasteiger partial charge is 0.309 e. The van der Waals surface area contributed by atoms with E-state index in [9.17, 15) is 8.42 Å². The predicted molar refractivity (Wildman–Crippen MR) is 113 cm³/mol. The summed E-state index contributed by atoms with van der Waals surface area (Å²) in [5.74, 6) is 0.609. The fourth-order valence-corrected chi connectivity index (χ4v) is 3.40. The Hall–Kier alpha value is -2.77. The summed E-state index contributed by atoms with van der Waals surface area (Å²) in [7, 11) is 0.843. The fourth-order valence-electron chi connectivity index (χ4n) is 2.76. The second kappa shape index (κ2) is 8.50. The molecule has 2 aromatic carbocycles. The molecule has 0 bridgehead atoms. The molecule has 0 spiro atoms. The minimum absolute atomic E-state index is 0.294. The molecule has 1 aromatic heterocycles. The lowest BCUT2D eigenvalue weighted by Gasteiger charge is -2.24. The first kappa shape index (κ1) is 20.0. The number of likely N-dealkylation sites (N-methyl/N-ethyl adjacent to an activating group) is 1. The molecule has 0 atom stereocenters. The number of benzene rings is 2. The van der Waals surface area contributed by atoms with Gasteiger partial charge in [-0.25, -0.2) is 18.4 Å². The van der Waals surface area contributed by atoms with Crippen molar-refractivity contribution in [2.45, 2.75) is 4.90 Å². The summed E-state index contributed by atoms with van der Waals surface area (Å²) in [6.45, 7) is 1.60. The van der Waals surface area contributed by atoms with E-state index in [1.54, 1.807) is 30.5 Å². The molecule has 0 N–H and O–H groups in total. The molecule has 0 saturated carbocycles. The maximum atomic E-state index is 11.7. The monoisotopic (exact) mass is 396 g/mol. The van der Waals surface area contributed by atoms with E-state index in [2.05, 4.69) is 14.8 Å². The zero-order valence-electron chi connectivity index (χ0n) is 16.3. The predicted octanol–water partition coefficient (Wildman–Crippen LogP) is 3.25. The SMILES string of the molecule is CN(C)CCN(c1ccccc1)c1nccc(-c2ccc(S(C)(=O)=O)cc2)n1. The fraction of sp³-hybridized carbons (Fsp3) is 0.238. The van der Waals surface area contributed by atoms with Crippen LogP contribution in [-0.2, 0) is 9.84 Å². The smallest absolute Gasteiger partial charge is 0.230 e. The molecular formula is C21H24N4O2S. The summed E-state index contributed by atoms with van der Waals surface area (Å²) in [6, 6.07) is 18.6. The van der Waals surface area contributed by atoms with Crippen LogP contribution in [0.3, 0.4) is 0 Å². The molecule has 28 heavy (non-hydrogen) atoms. The van der Waals surface area contributed by atoms with Gasteiger partial charge in [-0.1, -0.05) is 30.3 Å². The average Bonchev–Trinajstić information content (AvgIpc) is 2.68. The second-order valence-electron chi connectivity index (χ2n) is 6.83. The molecular weight excluding hydrogens is 372 g/mol. The van der Waals surface area contributed by atoms with Gasteiger partial charge in [-0.05, 0) is 44.4 Å². The first-order valence-corrected chi connectivity index (χ1v) is 10.8. The van der Waals surface area contributed by atoms with Crippen LogP contribution in [0, 0.1) is 0 Å². The van der Waals surface area contributed by atoms with E-state index in [0.29, 0.717) is 10.8 Å². The van der Waals surface area contributed by atoms with Crippen molar-refractivity contribution in [3.05, 3.63) is 66.9 Å². The van der Waals surface area contributed by atoms with Crippen molar-refractivity contribution in [2.24, 2.45) is 0 Å². The van der Waals surface area contributed by atoms with E-state index in [-0.39, 0.29) is 0 Å². The Labute approximate surface area is 166 Å². The van der Waals surface area contributed by atoms with Crippen molar-refractivity contribution < 1.29 is 8.42 Å². The van der Waals surface area contributed by atoms with E-state index >= 15 is 0 Å². The molecule has 1 heterocycles. The third kappa shape index (κ3) is 4.94. The number of anilines is 2. The summed E-state index contributed by atoms with van der Waals surface area (Å²) in [5, 5.41) is 0. The quantitative estimate of drug-likeness (QED) is 0.611. The van der Waals surface area contributed by atoms with E-state index in [0.717, 1.165) is 30.0 Å². The lowest BCUT2D eigenvalue weighted by atomic mass is 10.1. The van der Waals surface area contributed by atoms with Crippen LogP contribution in [0.15, 0.2) is 71.8 Å². The second-order valence-corrected chi connectivity index (χ2v) is 8.84. The van der Waals surface area contributed by atoms with Crippen LogP contribution in [0.1, 0.15) is 0 Å². The van der Waals surface area contributed by atoms with Crippen molar-refractivity contribution in [1.82, 2.24) is 14.9 Å². The Kier molecular flexibility index (Phi) is 6.06. The van der Waals surface area contributed by atoms with Crippen LogP contribution in [0.4, 0.5) is 11.6 Å². The van der Waals surface area contributed by atoms with Gasteiger partial charge in [-0.2, -0.15) is 0 Å². The molecule has 0 aliphatic rings. The Balaban J connectivity index is 1.95. The first-order chi connectivity index (χ1) is 13.3. The van der Waals surface area contributed by atoms with Crippen molar-refractivity contribution in [3.63, 3.8) is 0 Å². The Bertz CT molecular complexity index is 1020. The minimum atomic E-state index is -3.22. The molecule has 3 aromatic rings. The highest BCUT2D eigenvalue weighted by Crippen LogP contribution is 2.25. The van der Waals surface area contributed by atoms with Gasteiger partial charge in [0.15, 0.2) is 9.84 Å². The van der Waals surface area contributed by atoms with E-state index in [4.69, 9.17) is 4.98 Å². The lowest BCUT2D eigenvalue weighted by molar-refractivity contribution is 0.418. The van der Waals surface area contributed by atoms with Crippen molar-refractivity contribution in [3.8, 4) is 11.3 Å². The number of hydrogen-bond acceptors (Lipinski definition) is 6. The highest BCUT2D eigenvalue weighted by Gasteiger charge is 2.14. The van der Waals surface area contributed by atoms with Crippen LogP contribution < -0.4 is 4.90 Å². The topological polar surface area (TPSA) is 66.4 Å². The molecule has 0 amide bonds. The van der Waals surface area contributed by atoms with Gasteiger partial charge in [-0.15, -0.1) is 0 Å². The Morgan fingerprint density at radius 3 is 2.18 bits per heavy atom. The highest BCUT2D eigenvalue weighted by atomic mass is 32.2. The first-order valence-electron chi connectivity index (χ1n) is 8.95. The van der Waals surface area contributed by atoms with Crippen LogP contribution in [-0.4, -0.2) is 56.7 Å². The molecule has 6 nitrogen and oxygen atoms in total. The molecule has 0 unspecified atom stereocenters.